The zero-order valence-electron chi connectivity index (χ0n) is 7.92. The number of aromatic nitrogens is 2. The van der Waals surface area contributed by atoms with E-state index in [9.17, 15) is 5.11 Å². The van der Waals surface area contributed by atoms with E-state index in [-0.39, 0.29) is 6.10 Å². The maximum atomic E-state index is 9.30. The first kappa shape index (κ1) is 9.43. The predicted molar refractivity (Wildman–Crippen MR) is 57.2 cm³/mol. The Morgan fingerprint density at radius 2 is 2.50 bits per heavy atom. The van der Waals surface area contributed by atoms with Crippen LogP contribution in [0.1, 0.15) is 6.92 Å². The van der Waals surface area contributed by atoms with Crippen molar-refractivity contribution in [3.8, 4) is 10.7 Å². The lowest BCUT2D eigenvalue weighted by Crippen LogP contribution is -2.11. The molecule has 14 heavy (non-hydrogen) atoms. The van der Waals surface area contributed by atoms with Gasteiger partial charge in [-0.2, -0.15) is 0 Å². The Balaban J connectivity index is 2.30. The van der Waals surface area contributed by atoms with Crippen LogP contribution >= 0.6 is 11.3 Å². The van der Waals surface area contributed by atoms with Crippen molar-refractivity contribution in [3.05, 3.63) is 29.9 Å². The largest absolute Gasteiger partial charge is 0.392 e. The highest BCUT2D eigenvalue weighted by Gasteiger charge is 2.07. The molecule has 0 spiro atoms. The maximum Gasteiger partial charge on any atom is 0.150 e. The van der Waals surface area contributed by atoms with E-state index in [4.69, 9.17) is 0 Å². The molecule has 1 N–H and O–H groups in total. The van der Waals surface area contributed by atoms with Crippen molar-refractivity contribution in [2.45, 2.75) is 19.6 Å². The summed E-state index contributed by atoms with van der Waals surface area (Å²) in [7, 11) is 0. The van der Waals surface area contributed by atoms with Crippen LogP contribution in [-0.4, -0.2) is 20.8 Å². The molecule has 0 aliphatic carbocycles. The molecule has 2 aromatic rings. The van der Waals surface area contributed by atoms with Crippen LogP contribution in [0, 0.1) is 0 Å². The standard InChI is InChI=1S/C10H12N2OS/c1-8(13)7-12-5-4-11-10(12)9-3-2-6-14-9/h2-6,8,13H,7H2,1H3/t8-/m1/s1. The second-order valence-corrected chi connectivity index (χ2v) is 4.18. The molecule has 0 aliphatic heterocycles. The van der Waals surface area contributed by atoms with Crippen molar-refractivity contribution in [3.63, 3.8) is 0 Å². The molecule has 0 saturated heterocycles. The summed E-state index contributed by atoms with van der Waals surface area (Å²) in [5.41, 5.74) is 0. The zero-order valence-corrected chi connectivity index (χ0v) is 8.74. The Labute approximate surface area is 86.7 Å². The molecule has 4 heteroatoms. The molecular formula is C10H12N2OS. The van der Waals surface area contributed by atoms with Crippen LogP contribution in [0.15, 0.2) is 29.9 Å². The first-order valence-corrected chi connectivity index (χ1v) is 5.38. The third-order valence-electron chi connectivity index (χ3n) is 1.92. The molecule has 2 aromatic heterocycles. The fourth-order valence-corrected chi connectivity index (χ4v) is 2.11. The molecule has 0 aromatic carbocycles. The highest BCUT2D eigenvalue weighted by molar-refractivity contribution is 7.13. The van der Waals surface area contributed by atoms with E-state index in [0.717, 1.165) is 10.7 Å². The Kier molecular flexibility index (Phi) is 2.65. The monoisotopic (exact) mass is 208 g/mol. The smallest absolute Gasteiger partial charge is 0.150 e. The van der Waals surface area contributed by atoms with Crippen molar-refractivity contribution in [2.75, 3.05) is 0 Å². The van der Waals surface area contributed by atoms with Gasteiger partial charge in [0.15, 0.2) is 0 Å². The molecule has 0 amide bonds. The van der Waals surface area contributed by atoms with E-state index in [1.807, 2.05) is 28.3 Å². The number of aliphatic hydroxyl groups excluding tert-OH is 1. The normalized spacial score (nSPS) is 13.0. The van der Waals surface area contributed by atoms with Crippen LogP contribution in [0.2, 0.25) is 0 Å². The highest BCUT2D eigenvalue weighted by atomic mass is 32.1. The van der Waals surface area contributed by atoms with Crippen LogP contribution in [0.5, 0.6) is 0 Å². The van der Waals surface area contributed by atoms with Crippen molar-refractivity contribution < 1.29 is 5.11 Å². The highest BCUT2D eigenvalue weighted by Crippen LogP contribution is 2.22. The summed E-state index contributed by atoms with van der Waals surface area (Å²) in [6.07, 6.45) is 3.31. The number of aliphatic hydroxyl groups is 1. The lowest BCUT2D eigenvalue weighted by Gasteiger charge is -2.08. The molecule has 3 nitrogen and oxygen atoms in total. The minimum Gasteiger partial charge on any atom is -0.392 e. The number of nitrogens with zero attached hydrogens (tertiary/aromatic N) is 2. The lowest BCUT2D eigenvalue weighted by atomic mass is 10.4. The summed E-state index contributed by atoms with van der Waals surface area (Å²) < 4.78 is 1.97. The first-order valence-electron chi connectivity index (χ1n) is 4.50. The van der Waals surface area contributed by atoms with Crippen LogP contribution in [0.3, 0.4) is 0 Å². The fourth-order valence-electron chi connectivity index (χ4n) is 1.37. The van der Waals surface area contributed by atoms with E-state index >= 15 is 0 Å². The summed E-state index contributed by atoms with van der Waals surface area (Å²) in [4.78, 5) is 5.41. The quantitative estimate of drug-likeness (QED) is 0.837. The van der Waals surface area contributed by atoms with E-state index in [1.165, 1.54) is 0 Å². The molecule has 74 valence electrons. The summed E-state index contributed by atoms with van der Waals surface area (Å²) in [5.74, 6) is 0.931. The van der Waals surface area contributed by atoms with Gasteiger partial charge in [-0.1, -0.05) is 6.07 Å². The maximum absolute atomic E-state index is 9.30. The summed E-state index contributed by atoms with van der Waals surface area (Å²) in [6, 6.07) is 4.03. The van der Waals surface area contributed by atoms with Gasteiger partial charge < -0.3 is 9.67 Å². The average molecular weight is 208 g/mol. The average Bonchev–Trinajstić information content (AvgIpc) is 2.70. The molecule has 0 saturated carbocycles. The van der Waals surface area contributed by atoms with E-state index < -0.39 is 0 Å². The van der Waals surface area contributed by atoms with Gasteiger partial charge in [-0.3, -0.25) is 0 Å². The SMILES string of the molecule is C[C@@H](O)Cn1ccnc1-c1cccs1. The topological polar surface area (TPSA) is 38.0 Å². The Morgan fingerprint density at radius 1 is 1.64 bits per heavy atom. The van der Waals surface area contributed by atoms with Gasteiger partial charge in [-0.15, -0.1) is 11.3 Å². The number of imidazole rings is 1. The van der Waals surface area contributed by atoms with Crippen LogP contribution < -0.4 is 0 Å². The van der Waals surface area contributed by atoms with Gasteiger partial charge in [-0.25, -0.2) is 4.98 Å². The van der Waals surface area contributed by atoms with Crippen molar-refractivity contribution in [1.29, 1.82) is 0 Å². The van der Waals surface area contributed by atoms with E-state index in [0.29, 0.717) is 6.54 Å². The van der Waals surface area contributed by atoms with Gasteiger partial charge >= 0.3 is 0 Å². The van der Waals surface area contributed by atoms with Gasteiger partial charge in [0, 0.05) is 18.9 Å². The lowest BCUT2D eigenvalue weighted by molar-refractivity contribution is 0.174. The molecule has 0 unspecified atom stereocenters. The van der Waals surface area contributed by atoms with E-state index in [2.05, 4.69) is 4.98 Å². The minimum absolute atomic E-state index is 0.345. The molecule has 0 aliphatic rings. The Hall–Kier alpha value is -1.13. The van der Waals surface area contributed by atoms with Crippen molar-refractivity contribution >= 4 is 11.3 Å². The van der Waals surface area contributed by atoms with Crippen LogP contribution in [0.4, 0.5) is 0 Å². The third-order valence-corrected chi connectivity index (χ3v) is 2.78. The minimum atomic E-state index is -0.345. The third kappa shape index (κ3) is 1.86. The second kappa shape index (κ2) is 3.94. The van der Waals surface area contributed by atoms with Gasteiger partial charge in [0.05, 0.1) is 11.0 Å². The van der Waals surface area contributed by atoms with Crippen molar-refractivity contribution in [1.82, 2.24) is 9.55 Å². The molecule has 0 fully saturated rings. The number of hydrogen-bond acceptors (Lipinski definition) is 3. The molecule has 2 heterocycles. The van der Waals surface area contributed by atoms with Gasteiger partial charge in [-0.05, 0) is 18.4 Å². The molecule has 2 rings (SSSR count). The zero-order chi connectivity index (χ0) is 9.97. The van der Waals surface area contributed by atoms with Gasteiger partial charge in [0.25, 0.3) is 0 Å². The first-order chi connectivity index (χ1) is 6.77. The Morgan fingerprint density at radius 3 is 3.14 bits per heavy atom. The number of thiophene rings is 1. The summed E-state index contributed by atoms with van der Waals surface area (Å²) >= 11 is 1.66. The van der Waals surface area contributed by atoms with Crippen LogP contribution in [-0.2, 0) is 6.54 Å². The number of hydrogen-bond donors (Lipinski definition) is 1. The van der Waals surface area contributed by atoms with Crippen molar-refractivity contribution in [2.24, 2.45) is 0 Å². The molecule has 1 atom stereocenters. The van der Waals surface area contributed by atoms with Crippen LogP contribution in [0.25, 0.3) is 10.7 Å². The second-order valence-electron chi connectivity index (χ2n) is 3.23. The Bertz CT molecular complexity index is 392. The fraction of sp³-hybridized carbons (Fsp3) is 0.300. The molecule has 0 radical (unpaired) electrons. The summed E-state index contributed by atoms with van der Waals surface area (Å²) in [6.45, 7) is 2.37. The summed E-state index contributed by atoms with van der Waals surface area (Å²) in [5, 5.41) is 11.3. The van der Waals surface area contributed by atoms with Gasteiger partial charge in [0.2, 0.25) is 0 Å². The van der Waals surface area contributed by atoms with E-state index in [1.54, 1.807) is 24.5 Å². The number of rotatable bonds is 3. The van der Waals surface area contributed by atoms with Gasteiger partial charge in [0.1, 0.15) is 5.82 Å². The predicted octanol–water partition coefficient (Wildman–Crippen LogP) is 1.99. The molecule has 0 bridgehead atoms. The molecular weight excluding hydrogens is 196 g/mol.